The minimum Gasteiger partial charge on any atom is -0.469 e. The fourth-order valence-corrected chi connectivity index (χ4v) is 5.66. The Morgan fingerprint density at radius 2 is 1.93 bits per heavy atom. The van der Waals surface area contributed by atoms with E-state index in [0.717, 1.165) is 45.2 Å². The van der Waals surface area contributed by atoms with Crippen LogP contribution in [0, 0.1) is 6.92 Å². The molecule has 1 saturated carbocycles. The third-order valence-corrected chi connectivity index (χ3v) is 7.61. The lowest BCUT2D eigenvalue weighted by molar-refractivity contribution is -0.122. The molecule has 5 rings (SSSR count). The molecular formula is C25H30N2O3. The first-order chi connectivity index (χ1) is 14.6. The minimum absolute atomic E-state index is 0.0683. The van der Waals surface area contributed by atoms with Gasteiger partial charge in [-0.2, -0.15) is 0 Å². The second-order valence-electron chi connectivity index (χ2n) is 9.35. The highest BCUT2D eigenvalue weighted by Gasteiger charge is 2.46. The van der Waals surface area contributed by atoms with Gasteiger partial charge in [0.1, 0.15) is 5.76 Å². The van der Waals surface area contributed by atoms with Crippen LogP contribution >= 0.6 is 0 Å². The number of aryl methyl sites for hydroxylation is 1. The Kier molecular flexibility index (Phi) is 4.92. The molecule has 1 spiro atoms. The molecule has 2 aliphatic carbocycles. The van der Waals surface area contributed by atoms with Crippen molar-refractivity contribution in [2.75, 3.05) is 13.1 Å². The van der Waals surface area contributed by atoms with Crippen LogP contribution in [0.25, 0.3) is 0 Å². The molecule has 5 heteroatoms. The molecule has 1 saturated heterocycles. The molecule has 2 heterocycles. The van der Waals surface area contributed by atoms with Gasteiger partial charge in [0.2, 0.25) is 5.91 Å². The van der Waals surface area contributed by atoms with Gasteiger partial charge in [0, 0.05) is 25.6 Å². The van der Waals surface area contributed by atoms with Crippen LogP contribution in [0.15, 0.2) is 41.0 Å². The molecule has 0 radical (unpaired) electrons. The number of furan rings is 1. The first kappa shape index (κ1) is 19.4. The van der Waals surface area contributed by atoms with E-state index in [2.05, 4.69) is 29.6 Å². The fraction of sp³-hybridized carbons (Fsp3) is 0.520. The van der Waals surface area contributed by atoms with Crippen LogP contribution in [0.1, 0.15) is 78.1 Å². The normalized spacial score (nSPS) is 22.6. The summed E-state index contributed by atoms with van der Waals surface area (Å²) in [5, 5.41) is 3.21. The number of rotatable bonds is 4. The quantitative estimate of drug-likeness (QED) is 0.823. The summed E-state index contributed by atoms with van der Waals surface area (Å²) in [5.74, 6) is 1.22. The zero-order valence-corrected chi connectivity index (χ0v) is 17.7. The van der Waals surface area contributed by atoms with Gasteiger partial charge in [0.05, 0.1) is 11.8 Å². The lowest BCUT2D eigenvalue weighted by atomic mass is 9.73. The van der Waals surface area contributed by atoms with Gasteiger partial charge in [-0.1, -0.05) is 24.3 Å². The molecule has 1 N–H and O–H groups in total. The van der Waals surface area contributed by atoms with Gasteiger partial charge in [0.25, 0.3) is 5.91 Å². The molecule has 2 amide bonds. The largest absolute Gasteiger partial charge is 0.469 e. The van der Waals surface area contributed by atoms with Crippen molar-refractivity contribution in [3.63, 3.8) is 0 Å². The lowest BCUT2D eigenvalue weighted by Crippen LogP contribution is -2.44. The number of nitrogens with one attached hydrogen (secondary N) is 1. The Hall–Kier alpha value is -2.56. The van der Waals surface area contributed by atoms with E-state index >= 15 is 0 Å². The van der Waals surface area contributed by atoms with E-state index in [0.29, 0.717) is 23.8 Å². The third-order valence-electron chi connectivity index (χ3n) is 7.61. The highest BCUT2D eigenvalue weighted by atomic mass is 16.3. The molecule has 5 nitrogen and oxygen atoms in total. The maximum atomic E-state index is 12.9. The standard InChI is InChI=1S/C25H30N2O3/c1-17-20(9-14-30-17)24(29)27-12-10-25(11-13-27)16-18(21-7-2-3-8-22(21)25)15-23(28)26-19-5-4-6-19/h2-3,7-9,14,18-19H,4-6,10-13,15-16H2,1H3,(H,26,28)/t18-/m1/s1. The average Bonchev–Trinajstić information content (AvgIpc) is 3.27. The number of amides is 2. The molecule has 158 valence electrons. The molecule has 2 aromatic rings. The van der Waals surface area contributed by atoms with Crippen LogP contribution in [0.5, 0.6) is 0 Å². The Labute approximate surface area is 177 Å². The second kappa shape index (κ2) is 7.60. The number of hydrogen-bond acceptors (Lipinski definition) is 3. The highest BCUT2D eigenvalue weighted by Crippen LogP contribution is 2.52. The number of likely N-dealkylation sites (tertiary alicyclic amines) is 1. The Morgan fingerprint density at radius 3 is 2.60 bits per heavy atom. The zero-order valence-electron chi connectivity index (χ0n) is 17.7. The number of carbonyl (C=O) groups is 2. The SMILES string of the molecule is Cc1occc1C(=O)N1CCC2(CC1)C[C@@H](CC(=O)NC1CCC1)c1ccccc12. The summed E-state index contributed by atoms with van der Waals surface area (Å²) in [6, 6.07) is 10.8. The van der Waals surface area contributed by atoms with E-state index in [4.69, 9.17) is 4.42 Å². The van der Waals surface area contributed by atoms with E-state index in [-0.39, 0.29) is 23.1 Å². The fourth-order valence-electron chi connectivity index (χ4n) is 5.66. The lowest BCUT2D eigenvalue weighted by Gasteiger charge is -2.40. The van der Waals surface area contributed by atoms with Crippen molar-refractivity contribution < 1.29 is 14.0 Å². The first-order valence-electron chi connectivity index (χ1n) is 11.3. The summed E-state index contributed by atoms with van der Waals surface area (Å²) in [7, 11) is 0. The van der Waals surface area contributed by atoms with Gasteiger partial charge in [-0.25, -0.2) is 0 Å². The summed E-state index contributed by atoms with van der Waals surface area (Å²) < 4.78 is 5.32. The van der Waals surface area contributed by atoms with E-state index in [1.54, 1.807) is 12.3 Å². The average molecular weight is 407 g/mol. The van der Waals surface area contributed by atoms with E-state index in [9.17, 15) is 9.59 Å². The molecule has 1 aromatic carbocycles. The number of nitrogens with zero attached hydrogens (tertiary/aromatic N) is 1. The van der Waals surface area contributed by atoms with Gasteiger partial charge in [-0.3, -0.25) is 9.59 Å². The molecule has 0 unspecified atom stereocenters. The number of piperidine rings is 1. The third kappa shape index (κ3) is 3.34. The van der Waals surface area contributed by atoms with Gasteiger partial charge in [-0.05, 0) is 74.0 Å². The summed E-state index contributed by atoms with van der Waals surface area (Å²) in [5.41, 5.74) is 3.49. The summed E-state index contributed by atoms with van der Waals surface area (Å²) in [4.78, 5) is 27.5. The molecule has 0 bridgehead atoms. The molecule has 2 fully saturated rings. The first-order valence-corrected chi connectivity index (χ1v) is 11.3. The van der Waals surface area contributed by atoms with Crippen molar-refractivity contribution in [1.82, 2.24) is 10.2 Å². The molecular weight excluding hydrogens is 376 g/mol. The summed E-state index contributed by atoms with van der Waals surface area (Å²) >= 11 is 0. The van der Waals surface area contributed by atoms with Crippen LogP contribution < -0.4 is 5.32 Å². The Morgan fingerprint density at radius 1 is 1.17 bits per heavy atom. The Balaban J connectivity index is 1.29. The predicted molar refractivity (Wildman–Crippen MR) is 114 cm³/mol. The van der Waals surface area contributed by atoms with Crippen molar-refractivity contribution in [2.24, 2.45) is 0 Å². The summed E-state index contributed by atoms with van der Waals surface area (Å²) in [6.07, 6.45) is 8.55. The van der Waals surface area contributed by atoms with Crippen molar-refractivity contribution in [3.05, 3.63) is 59.0 Å². The highest BCUT2D eigenvalue weighted by molar-refractivity contribution is 5.95. The van der Waals surface area contributed by atoms with E-state index in [1.807, 2.05) is 11.8 Å². The van der Waals surface area contributed by atoms with E-state index in [1.165, 1.54) is 17.5 Å². The van der Waals surface area contributed by atoms with Crippen molar-refractivity contribution in [3.8, 4) is 0 Å². The van der Waals surface area contributed by atoms with Crippen molar-refractivity contribution >= 4 is 11.8 Å². The van der Waals surface area contributed by atoms with Gasteiger partial charge in [-0.15, -0.1) is 0 Å². The molecule has 30 heavy (non-hydrogen) atoms. The van der Waals surface area contributed by atoms with Crippen LogP contribution in [0.4, 0.5) is 0 Å². The smallest absolute Gasteiger partial charge is 0.257 e. The van der Waals surface area contributed by atoms with Crippen LogP contribution in [-0.2, 0) is 10.2 Å². The monoisotopic (exact) mass is 406 g/mol. The Bertz CT molecular complexity index is 951. The number of hydrogen-bond donors (Lipinski definition) is 1. The van der Waals surface area contributed by atoms with Gasteiger partial charge >= 0.3 is 0 Å². The van der Waals surface area contributed by atoms with Crippen LogP contribution in [-0.4, -0.2) is 35.8 Å². The van der Waals surface area contributed by atoms with Crippen molar-refractivity contribution in [2.45, 2.75) is 69.2 Å². The van der Waals surface area contributed by atoms with Crippen LogP contribution in [0.2, 0.25) is 0 Å². The second-order valence-corrected chi connectivity index (χ2v) is 9.35. The van der Waals surface area contributed by atoms with E-state index < -0.39 is 0 Å². The van der Waals surface area contributed by atoms with Gasteiger partial charge in [0.15, 0.2) is 0 Å². The molecule has 1 aliphatic heterocycles. The minimum atomic E-state index is 0.0683. The maximum absolute atomic E-state index is 12.9. The topological polar surface area (TPSA) is 62.6 Å². The van der Waals surface area contributed by atoms with Crippen molar-refractivity contribution in [1.29, 1.82) is 0 Å². The zero-order chi connectivity index (χ0) is 20.7. The number of carbonyl (C=O) groups excluding carboxylic acids is 2. The predicted octanol–water partition coefficient (Wildman–Crippen LogP) is 4.31. The molecule has 1 atom stereocenters. The molecule has 1 aromatic heterocycles. The van der Waals surface area contributed by atoms with Crippen LogP contribution in [0.3, 0.4) is 0 Å². The number of fused-ring (bicyclic) bond motifs is 2. The maximum Gasteiger partial charge on any atom is 0.257 e. The summed E-state index contributed by atoms with van der Waals surface area (Å²) in [6.45, 7) is 3.34. The number of benzene rings is 1. The molecule has 3 aliphatic rings. The van der Waals surface area contributed by atoms with Gasteiger partial charge < -0.3 is 14.6 Å².